The molecule has 2 N–H and O–H groups in total. The molecular formula is C20H24N2O5. The van der Waals surface area contributed by atoms with Gasteiger partial charge in [-0.1, -0.05) is 36.4 Å². The van der Waals surface area contributed by atoms with Crippen LogP contribution in [0.1, 0.15) is 38.1 Å². The van der Waals surface area contributed by atoms with Crippen molar-refractivity contribution in [1.82, 2.24) is 10.3 Å². The van der Waals surface area contributed by atoms with Crippen molar-refractivity contribution in [3.05, 3.63) is 66.0 Å². The lowest BCUT2D eigenvalue weighted by atomic mass is 10.1. The number of aliphatic hydroxyl groups is 1. The van der Waals surface area contributed by atoms with Crippen LogP contribution in [0.25, 0.3) is 0 Å². The molecule has 0 radical (unpaired) electrons. The van der Waals surface area contributed by atoms with Crippen LogP contribution >= 0.6 is 0 Å². The molecule has 1 aromatic heterocycles. The molecule has 0 aliphatic rings. The van der Waals surface area contributed by atoms with Crippen molar-refractivity contribution in [3.63, 3.8) is 0 Å². The summed E-state index contributed by atoms with van der Waals surface area (Å²) in [5, 5.41) is 13.0. The van der Waals surface area contributed by atoms with E-state index in [1.807, 2.05) is 18.2 Å². The number of alkyl carbamates (subject to hydrolysis) is 1. The molecule has 7 heteroatoms. The van der Waals surface area contributed by atoms with Gasteiger partial charge >= 0.3 is 12.1 Å². The van der Waals surface area contributed by atoms with Crippen LogP contribution < -0.4 is 5.32 Å². The number of ether oxygens (including phenoxy) is 2. The van der Waals surface area contributed by atoms with E-state index in [1.165, 1.54) is 6.20 Å². The molecule has 0 spiro atoms. The van der Waals surface area contributed by atoms with Gasteiger partial charge < -0.3 is 19.9 Å². The summed E-state index contributed by atoms with van der Waals surface area (Å²) in [5.41, 5.74) is 0.373. The fraction of sp³-hybridized carbons (Fsp3) is 0.350. The lowest BCUT2D eigenvalue weighted by Crippen LogP contribution is -2.43. The lowest BCUT2D eigenvalue weighted by molar-refractivity contribution is -0.156. The van der Waals surface area contributed by atoms with Crippen molar-refractivity contribution in [2.24, 2.45) is 0 Å². The quantitative estimate of drug-likeness (QED) is 0.757. The Morgan fingerprint density at radius 2 is 1.78 bits per heavy atom. The van der Waals surface area contributed by atoms with E-state index in [0.717, 1.165) is 5.56 Å². The van der Waals surface area contributed by atoms with Gasteiger partial charge in [-0.2, -0.15) is 0 Å². The standard InChI is InChI=1S/C20H24N2O5/c1-20(2,3)27-19(25)22-16(15-11-7-8-12-21-15)17(23)18(24)26-13-14-9-5-4-6-10-14/h4-12,16-17,23H,13H2,1-3H3,(H,22,25)/t16-,17+/m0/s1. The summed E-state index contributed by atoms with van der Waals surface area (Å²) in [5.74, 6) is -0.870. The van der Waals surface area contributed by atoms with E-state index in [0.29, 0.717) is 5.69 Å². The van der Waals surface area contributed by atoms with Gasteiger partial charge in [-0.05, 0) is 38.5 Å². The number of hydrogen-bond acceptors (Lipinski definition) is 6. The van der Waals surface area contributed by atoms with E-state index in [4.69, 9.17) is 9.47 Å². The van der Waals surface area contributed by atoms with Crippen LogP contribution in [0.4, 0.5) is 4.79 Å². The van der Waals surface area contributed by atoms with Crippen LogP contribution in [0.3, 0.4) is 0 Å². The molecule has 0 bridgehead atoms. The minimum atomic E-state index is -1.64. The summed E-state index contributed by atoms with van der Waals surface area (Å²) in [4.78, 5) is 28.5. The Hall–Kier alpha value is -2.93. The Morgan fingerprint density at radius 1 is 1.11 bits per heavy atom. The molecule has 2 rings (SSSR count). The first-order valence-electron chi connectivity index (χ1n) is 8.55. The van der Waals surface area contributed by atoms with Gasteiger partial charge in [0.2, 0.25) is 0 Å². The van der Waals surface area contributed by atoms with Crippen molar-refractivity contribution >= 4 is 12.1 Å². The highest BCUT2D eigenvalue weighted by Gasteiger charge is 2.32. The normalized spacial score (nSPS) is 13.3. The summed E-state index contributed by atoms with van der Waals surface area (Å²) in [6.07, 6.45) is -0.912. The molecule has 2 atom stereocenters. The maximum Gasteiger partial charge on any atom is 0.408 e. The van der Waals surface area contributed by atoms with Crippen molar-refractivity contribution in [2.45, 2.75) is 45.1 Å². The number of aromatic nitrogens is 1. The Balaban J connectivity index is 2.09. The minimum Gasteiger partial charge on any atom is -0.459 e. The van der Waals surface area contributed by atoms with Gasteiger partial charge in [0.25, 0.3) is 0 Å². The summed E-state index contributed by atoms with van der Waals surface area (Å²) in [6, 6.07) is 13.0. The molecule has 2 aromatic rings. The molecule has 144 valence electrons. The Morgan fingerprint density at radius 3 is 2.37 bits per heavy atom. The number of carbonyl (C=O) groups is 2. The monoisotopic (exact) mass is 372 g/mol. The van der Waals surface area contributed by atoms with E-state index in [-0.39, 0.29) is 6.61 Å². The third-order valence-electron chi connectivity index (χ3n) is 3.46. The van der Waals surface area contributed by atoms with Crippen LogP contribution in [0.5, 0.6) is 0 Å². The second kappa shape index (κ2) is 9.14. The predicted octanol–water partition coefficient (Wildman–Crippen LogP) is 2.75. The maximum atomic E-state index is 12.3. The number of hydrogen-bond donors (Lipinski definition) is 2. The maximum absolute atomic E-state index is 12.3. The summed E-state index contributed by atoms with van der Waals surface area (Å²) in [7, 11) is 0. The average Bonchev–Trinajstić information content (AvgIpc) is 2.64. The molecule has 27 heavy (non-hydrogen) atoms. The highest BCUT2D eigenvalue weighted by atomic mass is 16.6. The fourth-order valence-electron chi connectivity index (χ4n) is 2.26. The predicted molar refractivity (Wildman–Crippen MR) is 98.6 cm³/mol. The summed E-state index contributed by atoms with van der Waals surface area (Å²) >= 11 is 0. The van der Waals surface area contributed by atoms with Gasteiger partial charge in [0.15, 0.2) is 6.10 Å². The van der Waals surface area contributed by atoms with Crippen molar-refractivity contribution in [1.29, 1.82) is 0 Å². The second-order valence-electron chi connectivity index (χ2n) is 6.92. The van der Waals surface area contributed by atoms with Gasteiger partial charge in [-0.3, -0.25) is 4.98 Å². The molecule has 0 aliphatic carbocycles. The average molecular weight is 372 g/mol. The molecule has 0 saturated heterocycles. The van der Waals surface area contributed by atoms with Crippen LogP contribution in [-0.4, -0.2) is 33.9 Å². The highest BCUT2D eigenvalue weighted by molar-refractivity contribution is 5.77. The molecule has 0 saturated carbocycles. The van der Waals surface area contributed by atoms with Crippen LogP contribution in [0.15, 0.2) is 54.7 Å². The number of pyridine rings is 1. The third kappa shape index (κ3) is 6.71. The lowest BCUT2D eigenvalue weighted by Gasteiger charge is -2.25. The summed E-state index contributed by atoms with van der Waals surface area (Å²) < 4.78 is 10.4. The van der Waals surface area contributed by atoms with Gasteiger partial charge in [0.1, 0.15) is 18.2 Å². The van der Waals surface area contributed by atoms with Gasteiger partial charge in [0, 0.05) is 6.20 Å². The van der Waals surface area contributed by atoms with Gasteiger partial charge in [-0.25, -0.2) is 9.59 Å². The Kier molecular flexibility index (Phi) is 6.90. The Labute approximate surface area is 158 Å². The number of rotatable bonds is 6. The van der Waals surface area contributed by atoms with E-state index in [2.05, 4.69) is 10.3 Å². The molecular weight excluding hydrogens is 348 g/mol. The molecule has 0 fully saturated rings. The van der Waals surface area contributed by atoms with Crippen molar-refractivity contribution in [3.8, 4) is 0 Å². The van der Waals surface area contributed by atoms with E-state index < -0.39 is 29.8 Å². The van der Waals surface area contributed by atoms with Crippen molar-refractivity contribution < 1.29 is 24.2 Å². The number of aliphatic hydroxyl groups excluding tert-OH is 1. The topological polar surface area (TPSA) is 97.8 Å². The van der Waals surface area contributed by atoms with Gasteiger partial charge in [0.05, 0.1) is 5.69 Å². The number of benzene rings is 1. The first-order valence-corrected chi connectivity index (χ1v) is 8.55. The molecule has 0 unspecified atom stereocenters. The van der Waals surface area contributed by atoms with E-state index in [9.17, 15) is 14.7 Å². The first kappa shape index (κ1) is 20.4. The SMILES string of the molecule is CC(C)(C)OC(=O)N[C@@H](c1ccccn1)[C@@H](O)C(=O)OCc1ccccc1. The fourth-order valence-corrected chi connectivity index (χ4v) is 2.26. The zero-order valence-electron chi connectivity index (χ0n) is 15.6. The number of amides is 1. The Bertz CT molecular complexity index is 744. The number of nitrogens with one attached hydrogen (secondary N) is 1. The zero-order valence-corrected chi connectivity index (χ0v) is 15.6. The largest absolute Gasteiger partial charge is 0.459 e. The van der Waals surface area contributed by atoms with Crippen LogP contribution in [0, 0.1) is 0 Å². The van der Waals surface area contributed by atoms with Crippen LogP contribution in [-0.2, 0) is 20.9 Å². The van der Waals surface area contributed by atoms with Gasteiger partial charge in [-0.15, -0.1) is 0 Å². The summed E-state index contributed by atoms with van der Waals surface area (Å²) in [6.45, 7) is 5.16. The van der Waals surface area contributed by atoms with Crippen LogP contribution in [0.2, 0.25) is 0 Å². The van der Waals surface area contributed by atoms with Crippen molar-refractivity contribution in [2.75, 3.05) is 0 Å². The first-order chi connectivity index (χ1) is 12.8. The molecule has 1 heterocycles. The second-order valence-corrected chi connectivity index (χ2v) is 6.92. The molecule has 1 aromatic carbocycles. The number of esters is 1. The van der Waals surface area contributed by atoms with E-state index >= 15 is 0 Å². The smallest absolute Gasteiger partial charge is 0.408 e. The number of carbonyl (C=O) groups excluding carboxylic acids is 2. The molecule has 0 aliphatic heterocycles. The van der Waals surface area contributed by atoms with E-state index in [1.54, 1.807) is 51.1 Å². The molecule has 7 nitrogen and oxygen atoms in total. The third-order valence-corrected chi connectivity index (χ3v) is 3.46. The number of nitrogens with zero attached hydrogens (tertiary/aromatic N) is 1. The zero-order chi connectivity index (χ0) is 19.9. The highest BCUT2D eigenvalue weighted by Crippen LogP contribution is 2.18. The molecule has 1 amide bonds. The minimum absolute atomic E-state index is 0.0120.